The highest BCUT2D eigenvalue weighted by atomic mass is 16.4. The van der Waals surface area contributed by atoms with E-state index < -0.39 is 11.9 Å². The molecule has 2 fully saturated rings. The van der Waals surface area contributed by atoms with E-state index in [2.05, 4.69) is 4.98 Å². The zero-order valence-electron chi connectivity index (χ0n) is 13.0. The lowest BCUT2D eigenvalue weighted by Gasteiger charge is -2.14. The first-order chi connectivity index (χ1) is 11.0. The lowest BCUT2D eigenvalue weighted by Crippen LogP contribution is -2.30. The second-order valence-corrected chi connectivity index (χ2v) is 6.75. The fraction of sp³-hybridized carbons (Fsp3) is 0.471. The average molecular weight is 313 g/mol. The molecule has 0 unspecified atom stereocenters. The van der Waals surface area contributed by atoms with Gasteiger partial charge in [-0.2, -0.15) is 0 Å². The normalized spacial score (nSPS) is 24.3. The van der Waals surface area contributed by atoms with Gasteiger partial charge >= 0.3 is 5.97 Å². The van der Waals surface area contributed by atoms with Gasteiger partial charge in [0.25, 0.3) is 5.91 Å². The summed E-state index contributed by atoms with van der Waals surface area (Å²) in [7, 11) is 0. The van der Waals surface area contributed by atoms with Crippen LogP contribution in [0.25, 0.3) is 5.65 Å². The van der Waals surface area contributed by atoms with Crippen molar-refractivity contribution in [1.82, 2.24) is 14.3 Å². The van der Waals surface area contributed by atoms with Gasteiger partial charge in [0.15, 0.2) is 0 Å². The van der Waals surface area contributed by atoms with Crippen LogP contribution in [-0.2, 0) is 4.79 Å². The van der Waals surface area contributed by atoms with Crippen LogP contribution in [0.3, 0.4) is 0 Å². The van der Waals surface area contributed by atoms with E-state index in [1.165, 1.54) is 0 Å². The van der Waals surface area contributed by atoms with E-state index in [4.69, 9.17) is 0 Å². The smallest absolute Gasteiger partial charge is 0.308 e. The molecule has 0 radical (unpaired) electrons. The summed E-state index contributed by atoms with van der Waals surface area (Å²) in [6.45, 7) is 2.81. The fourth-order valence-electron chi connectivity index (χ4n) is 3.61. The van der Waals surface area contributed by atoms with Gasteiger partial charge in [0.2, 0.25) is 0 Å². The monoisotopic (exact) mass is 313 g/mol. The minimum absolute atomic E-state index is 0.0933. The van der Waals surface area contributed by atoms with Crippen LogP contribution < -0.4 is 0 Å². The number of carboxylic acid groups (broad SMARTS) is 1. The summed E-state index contributed by atoms with van der Waals surface area (Å²) in [6.07, 6.45) is 5.77. The maximum atomic E-state index is 12.7. The van der Waals surface area contributed by atoms with Crippen molar-refractivity contribution in [3.63, 3.8) is 0 Å². The molecule has 23 heavy (non-hydrogen) atoms. The molecule has 2 atom stereocenters. The molecule has 0 bridgehead atoms. The number of aryl methyl sites for hydroxylation is 1. The van der Waals surface area contributed by atoms with E-state index in [1.54, 1.807) is 11.1 Å². The second kappa shape index (κ2) is 5.08. The highest BCUT2D eigenvalue weighted by molar-refractivity contribution is 5.93. The third-order valence-electron chi connectivity index (χ3n) is 5.03. The van der Waals surface area contributed by atoms with Crippen molar-refractivity contribution in [2.75, 3.05) is 13.1 Å². The predicted octanol–water partition coefficient (Wildman–Crippen LogP) is 1.83. The van der Waals surface area contributed by atoms with Gasteiger partial charge in [0.1, 0.15) is 11.3 Å². The van der Waals surface area contributed by atoms with E-state index in [1.807, 2.05) is 29.7 Å². The first-order valence-electron chi connectivity index (χ1n) is 8.00. The van der Waals surface area contributed by atoms with Crippen molar-refractivity contribution < 1.29 is 14.7 Å². The highest BCUT2D eigenvalue weighted by Crippen LogP contribution is 2.44. The summed E-state index contributed by atoms with van der Waals surface area (Å²) in [6, 6.07) is 3.89. The topological polar surface area (TPSA) is 74.9 Å². The van der Waals surface area contributed by atoms with E-state index >= 15 is 0 Å². The Balaban J connectivity index is 1.59. The zero-order chi connectivity index (χ0) is 16.1. The van der Waals surface area contributed by atoms with Crippen LogP contribution in [0, 0.1) is 24.7 Å². The van der Waals surface area contributed by atoms with E-state index in [0.717, 1.165) is 24.1 Å². The first-order valence-corrected chi connectivity index (χ1v) is 8.00. The molecule has 6 nitrogen and oxygen atoms in total. The van der Waals surface area contributed by atoms with Gasteiger partial charge < -0.3 is 14.4 Å². The Morgan fingerprint density at radius 3 is 2.78 bits per heavy atom. The number of hydrogen-bond donors (Lipinski definition) is 1. The molecule has 3 heterocycles. The van der Waals surface area contributed by atoms with Crippen molar-refractivity contribution in [1.29, 1.82) is 0 Å². The van der Waals surface area contributed by atoms with E-state index in [0.29, 0.717) is 24.7 Å². The zero-order valence-corrected chi connectivity index (χ0v) is 13.0. The van der Waals surface area contributed by atoms with E-state index in [-0.39, 0.29) is 11.8 Å². The van der Waals surface area contributed by atoms with Crippen LogP contribution in [0.4, 0.5) is 0 Å². The maximum absolute atomic E-state index is 12.7. The molecule has 1 aliphatic carbocycles. The number of rotatable bonds is 3. The lowest BCUT2D eigenvalue weighted by molar-refractivity contribution is -0.142. The van der Waals surface area contributed by atoms with Gasteiger partial charge in [-0.25, -0.2) is 4.98 Å². The Bertz CT molecular complexity index is 793. The molecule has 1 N–H and O–H groups in total. The Morgan fingerprint density at radius 2 is 2.09 bits per heavy atom. The Labute approximate surface area is 133 Å². The molecule has 0 spiro atoms. The SMILES string of the molecule is Cc1ccn2cc(C(=O)N3C[C@H](C(=O)O)[C@@H](C4CC4)C3)nc2c1. The average Bonchev–Trinajstić information content (AvgIpc) is 3.11. The van der Waals surface area contributed by atoms with Crippen molar-refractivity contribution in [2.24, 2.45) is 17.8 Å². The summed E-state index contributed by atoms with van der Waals surface area (Å²) in [5.41, 5.74) is 2.21. The number of likely N-dealkylation sites (tertiary alicyclic amines) is 1. The molecule has 4 rings (SSSR count). The van der Waals surface area contributed by atoms with Gasteiger partial charge in [0.05, 0.1) is 5.92 Å². The Hall–Kier alpha value is -2.37. The fourth-order valence-corrected chi connectivity index (χ4v) is 3.61. The van der Waals surface area contributed by atoms with Crippen LogP contribution >= 0.6 is 0 Å². The van der Waals surface area contributed by atoms with Gasteiger partial charge in [-0.05, 0) is 49.3 Å². The second-order valence-electron chi connectivity index (χ2n) is 6.75. The molecule has 0 aromatic carbocycles. The van der Waals surface area contributed by atoms with Gasteiger partial charge in [-0.15, -0.1) is 0 Å². The third-order valence-corrected chi connectivity index (χ3v) is 5.03. The molecule has 1 saturated heterocycles. The predicted molar refractivity (Wildman–Crippen MR) is 83.2 cm³/mol. The van der Waals surface area contributed by atoms with Crippen molar-refractivity contribution in [2.45, 2.75) is 19.8 Å². The molecule has 2 aromatic heterocycles. The number of carbonyl (C=O) groups is 2. The number of amides is 1. The number of carbonyl (C=O) groups excluding carboxylic acids is 1. The number of imidazole rings is 1. The van der Waals surface area contributed by atoms with Crippen LogP contribution in [0.2, 0.25) is 0 Å². The minimum Gasteiger partial charge on any atom is -0.481 e. The van der Waals surface area contributed by atoms with Crippen molar-refractivity contribution in [3.05, 3.63) is 35.8 Å². The van der Waals surface area contributed by atoms with Crippen LogP contribution in [0.15, 0.2) is 24.5 Å². The summed E-state index contributed by atoms with van der Waals surface area (Å²) in [5.74, 6) is -0.831. The summed E-state index contributed by atoms with van der Waals surface area (Å²) >= 11 is 0. The molecule has 2 aliphatic rings. The van der Waals surface area contributed by atoms with Crippen LogP contribution in [0.5, 0.6) is 0 Å². The van der Waals surface area contributed by atoms with Crippen molar-refractivity contribution in [3.8, 4) is 0 Å². The number of pyridine rings is 1. The molecule has 120 valence electrons. The summed E-state index contributed by atoms with van der Waals surface area (Å²) in [5, 5.41) is 9.42. The molecular formula is C17H19N3O3. The standard InChI is InChI=1S/C17H19N3O3/c1-10-4-5-19-9-14(18-15(19)6-10)16(21)20-7-12(11-2-3-11)13(8-20)17(22)23/h4-6,9,11-13H,2-3,7-8H2,1H3,(H,22,23)/t12-,13+/m1/s1. The van der Waals surface area contributed by atoms with Gasteiger partial charge in [-0.1, -0.05) is 0 Å². The Kier molecular flexibility index (Phi) is 3.14. The molecule has 1 aliphatic heterocycles. The number of nitrogens with zero attached hydrogens (tertiary/aromatic N) is 3. The highest BCUT2D eigenvalue weighted by Gasteiger charge is 2.47. The summed E-state index contributed by atoms with van der Waals surface area (Å²) in [4.78, 5) is 30.2. The summed E-state index contributed by atoms with van der Waals surface area (Å²) < 4.78 is 1.82. The maximum Gasteiger partial charge on any atom is 0.308 e. The first kappa shape index (κ1) is 14.2. The number of carboxylic acids is 1. The largest absolute Gasteiger partial charge is 0.481 e. The third kappa shape index (κ3) is 2.48. The van der Waals surface area contributed by atoms with E-state index in [9.17, 15) is 14.7 Å². The molecule has 1 saturated carbocycles. The van der Waals surface area contributed by atoms with Gasteiger partial charge in [0, 0.05) is 25.5 Å². The number of aliphatic carboxylic acids is 1. The Morgan fingerprint density at radius 1 is 1.30 bits per heavy atom. The van der Waals surface area contributed by atoms with Gasteiger partial charge in [-0.3, -0.25) is 9.59 Å². The van der Waals surface area contributed by atoms with Crippen LogP contribution in [0.1, 0.15) is 28.9 Å². The molecule has 1 amide bonds. The lowest BCUT2D eigenvalue weighted by atomic mass is 9.92. The van der Waals surface area contributed by atoms with Crippen LogP contribution in [-0.4, -0.2) is 44.4 Å². The molecular weight excluding hydrogens is 294 g/mol. The molecule has 2 aromatic rings. The molecule has 6 heteroatoms. The van der Waals surface area contributed by atoms with Crippen molar-refractivity contribution >= 4 is 17.5 Å². The number of hydrogen-bond acceptors (Lipinski definition) is 3. The number of fused-ring (bicyclic) bond motifs is 1. The quantitative estimate of drug-likeness (QED) is 0.938. The number of aromatic nitrogens is 2. The minimum atomic E-state index is -0.789.